The smallest absolute Gasteiger partial charge is 0.262 e. The zero-order valence-corrected chi connectivity index (χ0v) is 17.1. The monoisotopic (exact) mass is 437 g/mol. The summed E-state index contributed by atoms with van der Waals surface area (Å²) in [5.41, 5.74) is 1.49. The van der Waals surface area contributed by atoms with Crippen LogP contribution in [-0.2, 0) is 17.0 Å². The van der Waals surface area contributed by atoms with Gasteiger partial charge >= 0.3 is 0 Å². The largest absolute Gasteiger partial charge is 0.382 e. The Morgan fingerprint density at radius 1 is 1.35 bits per heavy atom. The highest BCUT2D eigenvalue weighted by atomic mass is 79.9. The van der Waals surface area contributed by atoms with Crippen molar-refractivity contribution in [2.75, 3.05) is 13.2 Å². The molecule has 0 bridgehead atoms. The Hall–Kier alpha value is -1.64. The molecule has 2 heterocycles. The molecule has 0 atom stereocenters. The average molecular weight is 438 g/mol. The molecule has 0 aliphatic heterocycles. The van der Waals surface area contributed by atoms with Gasteiger partial charge < -0.3 is 9.26 Å². The van der Waals surface area contributed by atoms with E-state index in [2.05, 4.69) is 21.1 Å². The number of benzene rings is 1. The fourth-order valence-corrected chi connectivity index (χ4v) is 3.84. The highest BCUT2D eigenvalue weighted by molar-refractivity contribution is 9.10. The fraction of sp³-hybridized carbons (Fsp3) is 0.389. The van der Waals surface area contributed by atoms with Crippen LogP contribution in [0.3, 0.4) is 0 Å². The van der Waals surface area contributed by atoms with Crippen molar-refractivity contribution in [1.29, 1.82) is 0 Å². The molecule has 0 N–H and O–H groups in total. The molecule has 0 spiro atoms. The third-order valence-corrected chi connectivity index (χ3v) is 5.28. The van der Waals surface area contributed by atoms with Gasteiger partial charge in [-0.1, -0.05) is 32.8 Å². The van der Waals surface area contributed by atoms with E-state index in [0.717, 1.165) is 22.3 Å². The van der Waals surface area contributed by atoms with Gasteiger partial charge in [-0.05, 0) is 38.5 Å². The summed E-state index contributed by atoms with van der Waals surface area (Å²) in [4.78, 5) is 17.7. The van der Waals surface area contributed by atoms with Crippen LogP contribution in [0.4, 0.5) is 0 Å². The summed E-state index contributed by atoms with van der Waals surface area (Å²) < 4.78 is 13.1. The minimum atomic E-state index is -0.0355. The van der Waals surface area contributed by atoms with Gasteiger partial charge in [-0.15, -0.1) is 0 Å². The highest BCUT2D eigenvalue weighted by Gasteiger charge is 2.13. The Bertz CT molecular complexity index is 954. The van der Waals surface area contributed by atoms with Crippen LogP contribution in [0, 0.1) is 6.92 Å². The minimum absolute atomic E-state index is 0.0355. The molecule has 1 aromatic carbocycles. The summed E-state index contributed by atoms with van der Waals surface area (Å²) in [5, 5.41) is 5.30. The quantitative estimate of drug-likeness (QED) is 0.299. The van der Waals surface area contributed by atoms with E-state index in [9.17, 15) is 4.79 Å². The van der Waals surface area contributed by atoms with Gasteiger partial charge in [0.15, 0.2) is 5.16 Å². The van der Waals surface area contributed by atoms with Crippen LogP contribution in [0.25, 0.3) is 10.9 Å². The van der Waals surface area contributed by atoms with Gasteiger partial charge in [-0.25, -0.2) is 4.98 Å². The van der Waals surface area contributed by atoms with Gasteiger partial charge in [0.1, 0.15) is 5.76 Å². The van der Waals surface area contributed by atoms with Crippen molar-refractivity contribution in [2.45, 2.75) is 37.7 Å². The first-order chi connectivity index (χ1) is 12.6. The number of hydrogen-bond acceptors (Lipinski definition) is 6. The van der Waals surface area contributed by atoms with E-state index >= 15 is 0 Å². The van der Waals surface area contributed by atoms with Gasteiger partial charge in [-0.3, -0.25) is 9.36 Å². The summed E-state index contributed by atoms with van der Waals surface area (Å²) >= 11 is 4.91. The molecule has 0 aliphatic carbocycles. The SMILES string of the molecule is CCOCCCn1c(SCc2cc(C)on2)nc2ccc(Br)cc2c1=O. The van der Waals surface area contributed by atoms with E-state index in [1.54, 1.807) is 4.57 Å². The van der Waals surface area contributed by atoms with Gasteiger partial charge in [0.25, 0.3) is 5.56 Å². The lowest BCUT2D eigenvalue weighted by Gasteiger charge is -2.13. The van der Waals surface area contributed by atoms with Gasteiger partial charge in [0.2, 0.25) is 0 Å². The van der Waals surface area contributed by atoms with Gasteiger partial charge in [-0.2, -0.15) is 0 Å². The van der Waals surface area contributed by atoms with Crippen LogP contribution < -0.4 is 5.56 Å². The lowest BCUT2D eigenvalue weighted by Crippen LogP contribution is -2.24. The van der Waals surface area contributed by atoms with Crippen molar-refractivity contribution in [2.24, 2.45) is 0 Å². The standard InChI is InChI=1S/C18H20BrN3O3S/c1-3-24-8-4-7-22-17(23)15-10-13(19)5-6-16(15)20-18(22)26-11-14-9-12(2)25-21-14/h5-6,9-10H,3-4,7-8,11H2,1-2H3. The molecule has 138 valence electrons. The summed E-state index contributed by atoms with van der Waals surface area (Å²) in [5.74, 6) is 1.36. The second kappa shape index (κ2) is 8.83. The summed E-state index contributed by atoms with van der Waals surface area (Å²) in [6.45, 7) is 5.67. The van der Waals surface area contributed by atoms with E-state index in [4.69, 9.17) is 14.2 Å². The molecule has 6 nitrogen and oxygen atoms in total. The maximum absolute atomic E-state index is 13.0. The van der Waals surface area contributed by atoms with Crippen LogP contribution >= 0.6 is 27.7 Å². The molecule has 0 saturated carbocycles. The Labute approximate surface area is 164 Å². The predicted octanol–water partition coefficient (Wildman–Crippen LogP) is 4.17. The molecule has 0 radical (unpaired) electrons. The zero-order chi connectivity index (χ0) is 18.5. The van der Waals surface area contributed by atoms with E-state index in [1.165, 1.54) is 11.8 Å². The number of aryl methyl sites for hydroxylation is 1. The number of ether oxygens (including phenoxy) is 1. The van der Waals surface area contributed by atoms with E-state index in [-0.39, 0.29) is 5.56 Å². The van der Waals surface area contributed by atoms with Crippen molar-refractivity contribution in [3.63, 3.8) is 0 Å². The number of rotatable bonds is 8. The van der Waals surface area contributed by atoms with E-state index in [1.807, 2.05) is 38.1 Å². The first-order valence-corrected chi connectivity index (χ1v) is 10.2. The third kappa shape index (κ3) is 4.55. The summed E-state index contributed by atoms with van der Waals surface area (Å²) in [6, 6.07) is 7.46. The highest BCUT2D eigenvalue weighted by Crippen LogP contribution is 2.23. The second-order valence-corrected chi connectivity index (χ2v) is 7.64. The van der Waals surface area contributed by atoms with Crippen molar-refractivity contribution in [3.8, 4) is 0 Å². The number of nitrogens with zero attached hydrogens (tertiary/aromatic N) is 3. The fourth-order valence-electron chi connectivity index (χ4n) is 2.57. The lowest BCUT2D eigenvalue weighted by molar-refractivity contribution is 0.140. The van der Waals surface area contributed by atoms with Crippen LogP contribution in [-0.4, -0.2) is 27.9 Å². The van der Waals surface area contributed by atoms with Crippen molar-refractivity contribution >= 4 is 38.6 Å². The Morgan fingerprint density at radius 3 is 2.92 bits per heavy atom. The Morgan fingerprint density at radius 2 is 2.19 bits per heavy atom. The number of fused-ring (bicyclic) bond motifs is 1. The van der Waals surface area contributed by atoms with Gasteiger partial charge in [0, 0.05) is 36.1 Å². The summed E-state index contributed by atoms with van der Waals surface area (Å²) in [7, 11) is 0. The third-order valence-electron chi connectivity index (χ3n) is 3.78. The number of aromatic nitrogens is 3. The molecule has 3 aromatic rings. The van der Waals surface area contributed by atoms with Crippen molar-refractivity contribution in [3.05, 3.63) is 50.5 Å². The molecule has 0 aliphatic rings. The Kier molecular flexibility index (Phi) is 6.50. The van der Waals surface area contributed by atoms with Crippen LogP contribution in [0.1, 0.15) is 24.8 Å². The average Bonchev–Trinajstić information content (AvgIpc) is 3.04. The molecule has 0 unspecified atom stereocenters. The molecule has 8 heteroatoms. The molecule has 3 rings (SSSR count). The lowest BCUT2D eigenvalue weighted by atomic mass is 10.2. The summed E-state index contributed by atoms with van der Waals surface area (Å²) in [6.07, 6.45) is 0.756. The maximum Gasteiger partial charge on any atom is 0.262 e. The second-order valence-electron chi connectivity index (χ2n) is 5.78. The van der Waals surface area contributed by atoms with E-state index < -0.39 is 0 Å². The zero-order valence-electron chi connectivity index (χ0n) is 14.7. The molecule has 2 aromatic heterocycles. The van der Waals surface area contributed by atoms with E-state index in [0.29, 0.717) is 41.6 Å². The molecule has 26 heavy (non-hydrogen) atoms. The number of hydrogen-bond donors (Lipinski definition) is 0. The van der Waals surface area contributed by atoms with Crippen molar-refractivity contribution in [1.82, 2.24) is 14.7 Å². The number of thioether (sulfide) groups is 1. The van der Waals surface area contributed by atoms with Crippen LogP contribution in [0.15, 0.2) is 43.2 Å². The molecule has 0 saturated heterocycles. The van der Waals surface area contributed by atoms with Crippen LogP contribution in [0.2, 0.25) is 0 Å². The van der Waals surface area contributed by atoms with Crippen molar-refractivity contribution < 1.29 is 9.26 Å². The Balaban J connectivity index is 1.92. The number of halogens is 1. The first-order valence-electron chi connectivity index (χ1n) is 8.41. The normalized spacial score (nSPS) is 11.3. The molecular formula is C18H20BrN3O3S. The minimum Gasteiger partial charge on any atom is -0.382 e. The predicted molar refractivity (Wildman–Crippen MR) is 106 cm³/mol. The van der Waals surface area contributed by atoms with Crippen LogP contribution in [0.5, 0.6) is 0 Å². The van der Waals surface area contributed by atoms with Gasteiger partial charge in [0.05, 0.1) is 16.6 Å². The molecular weight excluding hydrogens is 418 g/mol. The maximum atomic E-state index is 13.0. The first kappa shape index (κ1) is 19.1. The topological polar surface area (TPSA) is 70.2 Å². The molecule has 0 amide bonds. The molecule has 0 fully saturated rings.